The van der Waals surface area contributed by atoms with Crippen molar-refractivity contribution in [2.45, 2.75) is 63.6 Å². The van der Waals surface area contributed by atoms with E-state index in [2.05, 4.69) is 0 Å². The molecule has 4 heterocycles. The molecule has 3 saturated heterocycles. The minimum absolute atomic E-state index is 0.149. The summed E-state index contributed by atoms with van der Waals surface area (Å²) in [5, 5.41) is 0.484. The lowest BCUT2D eigenvalue weighted by Gasteiger charge is -2.17. The minimum Gasteiger partial charge on any atom is -0.465 e. The number of carbonyl (C=O) groups excluding carboxylic acids is 3. The maximum Gasteiger partial charge on any atom is 0.341 e. The van der Waals surface area contributed by atoms with Gasteiger partial charge in [-0.25, -0.2) is 9.69 Å². The Hall–Kier alpha value is -1.73. The summed E-state index contributed by atoms with van der Waals surface area (Å²) >= 11 is 1.44. The van der Waals surface area contributed by atoms with E-state index in [0.29, 0.717) is 10.6 Å². The van der Waals surface area contributed by atoms with Crippen LogP contribution in [0.1, 0.15) is 59.3 Å². The lowest BCUT2D eigenvalue weighted by atomic mass is 9.81. The summed E-state index contributed by atoms with van der Waals surface area (Å²) in [6.45, 7) is 0. The van der Waals surface area contributed by atoms with Crippen molar-refractivity contribution in [2.75, 3.05) is 12.0 Å². The van der Waals surface area contributed by atoms with Gasteiger partial charge in [0.15, 0.2) is 0 Å². The lowest BCUT2D eigenvalue weighted by molar-refractivity contribution is -0.124. The fraction of sp³-hybridized carbons (Fsp3) is 0.650. The van der Waals surface area contributed by atoms with Crippen LogP contribution >= 0.6 is 11.3 Å². The number of methoxy groups -OCH3 is 1. The molecule has 144 valence electrons. The maximum absolute atomic E-state index is 13.2. The van der Waals surface area contributed by atoms with Crippen molar-refractivity contribution < 1.29 is 23.9 Å². The molecule has 1 aromatic rings. The number of hydrogen-bond acceptors (Lipinski definition) is 6. The molecule has 5 rings (SSSR count). The second kappa shape index (κ2) is 6.41. The van der Waals surface area contributed by atoms with Crippen LogP contribution in [-0.4, -0.2) is 37.1 Å². The first-order chi connectivity index (χ1) is 13.1. The lowest BCUT2D eigenvalue weighted by Crippen LogP contribution is -2.34. The molecule has 1 aromatic heterocycles. The number of fused-ring (bicyclic) bond motifs is 6. The Morgan fingerprint density at radius 1 is 1.04 bits per heavy atom. The molecular weight excluding hydrogens is 366 g/mol. The van der Waals surface area contributed by atoms with Gasteiger partial charge in [-0.05, 0) is 44.1 Å². The summed E-state index contributed by atoms with van der Waals surface area (Å²) in [4.78, 5) is 41.4. The van der Waals surface area contributed by atoms with E-state index in [1.807, 2.05) is 0 Å². The van der Waals surface area contributed by atoms with Gasteiger partial charge in [-0.1, -0.05) is 12.8 Å². The van der Waals surface area contributed by atoms with Crippen LogP contribution in [0.15, 0.2) is 0 Å². The molecular formula is C20H23NO5S. The highest BCUT2D eigenvalue weighted by molar-refractivity contribution is 7.17. The van der Waals surface area contributed by atoms with E-state index in [1.54, 1.807) is 0 Å². The van der Waals surface area contributed by atoms with Gasteiger partial charge in [-0.2, -0.15) is 0 Å². The van der Waals surface area contributed by atoms with Crippen LogP contribution in [0.3, 0.4) is 0 Å². The second-order valence-electron chi connectivity index (χ2n) is 7.94. The third-order valence-corrected chi connectivity index (χ3v) is 7.81. The standard InChI is InChI=1S/C20H23NO5S/c1-25-20(24)14-10-6-4-2-3-5-7-13(10)27-19(14)21-17(22)15-11-8-9-12(26-11)16(15)18(21)23/h11-12,15-16H,2-9H2,1H3/t11-,12-,15-,16+/m0/s1. The zero-order chi connectivity index (χ0) is 18.7. The normalized spacial score (nSPS) is 32.3. The van der Waals surface area contributed by atoms with Crippen LogP contribution in [0.5, 0.6) is 0 Å². The summed E-state index contributed by atoms with van der Waals surface area (Å²) < 4.78 is 10.9. The number of amides is 2. The molecule has 2 amide bonds. The summed E-state index contributed by atoms with van der Waals surface area (Å²) in [6.07, 6.45) is 7.46. The highest BCUT2D eigenvalue weighted by atomic mass is 32.1. The van der Waals surface area contributed by atoms with Crippen LogP contribution in [0.2, 0.25) is 0 Å². The molecule has 4 atom stereocenters. The number of carbonyl (C=O) groups is 3. The van der Waals surface area contributed by atoms with E-state index in [0.717, 1.165) is 55.4 Å². The van der Waals surface area contributed by atoms with E-state index in [4.69, 9.17) is 9.47 Å². The summed E-state index contributed by atoms with van der Waals surface area (Å²) in [5.41, 5.74) is 1.42. The molecule has 0 aromatic carbocycles. The van der Waals surface area contributed by atoms with E-state index in [9.17, 15) is 14.4 Å². The van der Waals surface area contributed by atoms with Crippen molar-refractivity contribution >= 4 is 34.1 Å². The molecule has 0 radical (unpaired) electrons. The van der Waals surface area contributed by atoms with Gasteiger partial charge in [0.25, 0.3) is 0 Å². The summed E-state index contributed by atoms with van der Waals surface area (Å²) in [7, 11) is 1.36. The molecule has 1 aliphatic carbocycles. The van der Waals surface area contributed by atoms with Crippen LogP contribution in [0, 0.1) is 11.8 Å². The molecule has 0 N–H and O–H groups in total. The Balaban J connectivity index is 1.60. The quantitative estimate of drug-likeness (QED) is 0.574. The van der Waals surface area contributed by atoms with Gasteiger partial charge in [-0.3, -0.25) is 9.59 Å². The smallest absolute Gasteiger partial charge is 0.341 e. The largest absolute Gasteiger partial charge is 0.465 e. The first kappa shape index (κ1) is 17.4. The highest BCUT2D eigenvalue weighted by Gasteiger charge is 2.63. The number of ether oxygens (including phenoxy) is 2. The molecule has 3 aliphatic heterocycles. The van der Waals surface area contributed by atoms with Crippen molar-refractivity contribution in [1.29, 1.82) is 0 Å². The molecule has 0 saturated carbocycles. The van der Waals surface area contributed by atoms with Gasteiger partial charge in [0.2, 0.25) is 11.8 Å². The van der Waals surface area contributed by atoms with Gasteiger partial charge in [0.05, 0.1) is 36.7 Å². The molecule has 7 heteroatoms. The predicted molar refractivity (Wildman–Crippen MR) is 98.9 cm³/mol. The first-order valence-corrected chi connectivity index (χ1v) is 10.7. The first-order valence-electron chi connectivity index (χ1n) is 9.88. The van der Waals surface area contributed by atoms with Crippen LogP contribution in [0.25, 0.3) is 0 Å². The molecule has 6 nitrogen and oxygen atoms in total. The van der Waals surface area contributed by atoms with Crippen molar-refractivity contribution in [3.63, 3.8) is 0 Å². The molecule has 27 heavy (non-hydrogen) atoms. The Morgan fingerprint density at radius 2 is 1.67 bits per heavy atom. The third kappa shape index (κ3) is 2.44. The molecule has 0 spiro atoms. The number of imide groups is 1. The van der Waals surface area contributed by atoms with E-state index < -0.39 is 5.97 Å². The number of anilines is 1. The molecule has 3 fully saturated rings. The fourth-order valence-corrected chi connectivity index (χ4v) is 6.67. The number of hydrogen-bond donors (Lipinski definition) is 0. The van der Waals surface area contributed by atoms with Crippen LogP contribution in [-0.2, 0) is 31.9 Å². The molecule has 2 bridgehead atoms. The summed E-state index contributed by atoms with van der Waals surface area (Å²) in [5.74, 6) is -1.61. The monoisotopic (exact) mass is 389 g/mol. The van der Waals surface area contributed by atoms with Gasteiger partial charge < -0.3 is 9.47 Å². The third-order valence-electron chi connectivity index (χ3n) is 6.53. The van der Waals surface area contributed by atoms with Crippen molar-refractivity contribution in [3.05, 3.63) is 16.0 Å². The van der Waals surface area contributed by atoms with E-state index >= 15 is 0 Å². The second-order valence-corrected chi connectivity index (χ2v) is 9.03. The van der Waals surface area contributed by atoms with E-state index in [1.165, 1.54) is 29.8 Å². The van der Waals surface area contributed by atoms with Crippen molar-refractivity contribution in [3.8, 4) is 0 Å². The zero-order valence-corrected chi connectivity index (χ0v) is 16.2. The molecule has 0 unspecified atom stereocenters. The minimum atomic E-state index is -0.444. The maximum atomic E-state index is 13.2. The zero-order valence-electron chi connectivity index (χ0n) is 15.4. The Labute approximate surface area is 161 Å². The Kier molecular flexibility index (Phi) is 4.13. The van der Waals surface area contributed by atoms with Crippen LogP contribution in [0.4, 0.5) is 5.00 Å². The van der Waals surface area contributed by atoms with Gasteiger partial charge in [-0.15, -0.1) is 11.3 Å². The summed E-state index contributed by atoms with van der Waals surface area (Å²) in [6, 6.07) is 0. The fourth-order valence-electron chi connectivity index (χ4n) is 5.29. The number of rotatable bonds is 2. The number of esters is 1. The molecule has 4 aliphatic rings. The Morgan fingerprint density at radius 3 is 2.30 bits per heavy atom. The van der Waals surface area contributed by atoms with Crippen molar-refractivity contribution in [1.82, 2.24) is 0 Å². The van der Waals surface area contributed by atoms with Gasteiger partial charge in [0, 0.05) is 4.88 Å². The SMILES string of the molecule is COC(=O)c1c(N2C(=O)[C@@H]3[C@H](C2=O)[C@@H]2CC[C@@H]3O2)sc2c1CCCCCC2. The van der Waals surface area contributed by atoms with Crippen LogP contribution < -0.4 is 4.90 Å². The predicted octanol–water partition coefficient (Wildman–Crippen LogP) is 2.86. The highest BCUT2D eigenvalue weighted by Crippen LogP contribution is 2.51. The average molecular weight is 389 g/mol. The average Bonchev–Trinajstić information content (AvgIpc) is 3.38. The van der Waals surface area contributed by atoms with Gasteiger partial charge >= 0.3 is 5.97 Å². The van der Waals surface area contributed by atoms with E-state index in [-0.39, 0.29) is 35.9 Å². The van der Waals surface area contributed by atoms with Crippen molar-refractivity contribution in [2.24, 2.45) is 11.8 Å². The Bertz CT molecular complexity index is 803. The number of aryl methyl sites for hydroxylation is 1. The topological polar surface area (TPSA) is 72.9 Å². The van der Waals surface area contributed by atoms with Gasteiger partial charge in [0.1, 0.15) is 5.00 Å². The number of nitrogens with zero attached hydrogens (tertiary/aromatic N) is 1. The number of thiophene rings is 1.